The summed E-state index contributed by atoms with van der Waals surface area (Å²) in [5, 5.41) is 5.35. The van der Waals surface area contributed by atoms with Gasteiger partial charge in [0, 0.05) is 37.1 Å². The topological polar surface area (TPSA) is 111 Å². The van der Waals surface area contributed by atoms with Gasteiger partial charge in [-0.25, -0.2) is 4.79 Å². The number of nitrogens with one attached hydrogen (secondary N) is 2. The van der Waals surface area contributed by atoms with Crippen LogP contribution in [0.1, 0.15) is 46.0 Å². The normalized spacial score (nSPS) is 10.1. The Hall–Kier alpha value is -3.68. The number of hydrogen-bond donors (Lipinski definition) is 2. The zero-order valence-corrected chi connectivity index (χ0v) is 17.6. The van der Waals surface area contributed by atoms with Crippen LogP contribution in [-0.4, -0.2) is 43.4 Å². The van der Waals surface area contributed by atoms with Gasteiger partial charge >= 0.3 is 6.16 Å². The quantitative estimate of drug-likeness (QED) is 0.261. The second-order valence-corrected chi connectivity index (χ2v) is 6.70. The van der Waals surface area contributed by atoms with Crippen LogP contribution in [0.2, 0.25) is 0 Å². The molecule has 2 rings (SSSR count). The molecule has 0 atom stereocenters. The number of ketones is 1. The van der Waals surface area contributed by atoms with Gasteiger partial charge in [-0.2, -0.15) is 0 Å². The molecule has 8 nitrogen and oxygen atoms in total. The van der Waals surface area contributed by atoms with E-state index in [2.05, 4.69) is 15.4 Å². The third-order valence-electron chi connectivity index (χ3n) is 4.27. The average Bonchev–Trinajstić information content (AvgIpc) is 2.76. The van der Waals surface area contributed by atoms with Crippen molar-refractivity contribution in [3.05, 3.63) is 65.2 Å². The summed E-state index contributed by atoms with van der Waals surface area (Å²) >= 11 is 0. The molecule has 0 heterocycles. The summed E-state index contributed by atoms with van der Waals surface area (Å²) in [5.41, 5.74) is 2.04. The van der Waals surface area contributed by atoms with Gasteiger partial charge in [0.15, 0.2) is 5.78 Å². The maximum absolute atomic E-state index is 12.1. The lowest BCUT2D eigenvalue weighted by Gasteiger charge is -2.08. The predicted molar refractivity (Wildman–Crippen MR) is 114 cm³/mol. The standard InChI is InChI=1S/C23H26N2O6/c1-3-30-23(29)31-19-10-8-18(9-11-19)22(28)25-15-14-24-21(27)13-12-20(26)17-6-4-16(2)5-7-17/h4-11H,3,12-15H2,1-2H3,(H,24,27)(H,25,28). The molecular formula is C23H26N2O6. The summed E-state index contributed by atoms with van der Waals surface area (Å²) in [4.78, 5) is 47.3. The summed E-state index contributed by atoms with van der Waals surface area (Å²) in [6.45, 7) is 4.29. The van der Waals surface area contributed by atoms with Gasteiger partial charge in [0.2, 0.25) is 5.91 Å². The van der Waals surface area contributed by atoms with Gasteiger partial charge in [0.1, 0.15) is 5.75 Å². The maximum atomic E-state index is 12.1. The monoisotopic (exact) mass is 426 g/mol. The first kappa shape index (κ1) is 23.6. The molecule has 2 N–H and O–H groups in total. The Bertz CT molecular complexity index is 907. The molecule has 0 saturated heterocycles. The molecule has 0 unspecified atom stereocenters. The van der Waals surface area contributed by atoms with E-state index in [1.165, 1.54) is 24.3 Å². The molecule has 0 aliphatic carbocycles. The first-order valence-electron chi connectivity index (χ1n) is 9.98. The Morgan fingerprint density at radius 2 is 1.42 bits per heavy atom. The number of carbonyl (C=O) groups excluding carboxylic acids is 4. The van der Waals surface area contributed by atoms with E-state index in [0.717, 1.165) is 5.56 Å². The van der Waals surface area contributed by atoms with Crippen LogP contribution in [0.5, 0.6) is 5.75 Å². The molecule has 0 spiro atoms. The molecule has 8 heteroatoms. The van der Waals surface area contributed by atoms with Crippen LogP contribution < -0.4 is 15.4 Å². The van der Waals surface area contributed by atoms with Crippen molar-refractivity contribution in [1.82, 2.24) is 10.6 Å². The Kier molecular flexibility index (Phi) is 9.22. The fraction of sp³-hybridized carbons (Fsp3) is 0.304. The first-order valence-corrected chi connectivity index (χ1v) is 9.98. The van der Waals surface area contributed by atoms with E-state index in [1.54, 1.807) is 19.1 Å². The van der Waals surface area contributed by atoms with Gasteiger partial charge in [0.05, 0.1) is 6.61 Å². The second kappa shape index (κ2) is 12.1. The molecular weight excluding hydrogens is 400 g/mol. The van der Waals surface area contributed by atoms with Crippen molar-refractivity contribution in [2.24, 2.45) is 0 Å². The van der Waals surface area contributed by atoms with E-state index < -0.39 is 6.16 Å². The number of aryl methyl sites for hydroxylation is 1. The van der Waals surface area contributed by atoms with Gasteiger partial charge in [-0.15, -0.1) is 0 Å². The number of ether oxygens (including phenoxy) is 2. The van der Waals surface area contributed by atoms with Crippen LogP contribution in [0.25, 0.3) is 0 Å². The highest BCUT2D eigenvalue weighted by molar-refractivity contribution is 5.98. The molecule has 0 aliphatic rings. The largest absolute Gasteiger partial charge is 0.513 e. The van der Waals surface area contributed by atoms with Crippen molar-refractivity contribution in [2.45, 2.75) is 26.7 Å². The maximum Gasteiger partial charge on any atom is 0.513 e. The lowest BCUT2D eigenvalue weighted by molar-refractivity contribution is -0.121. The minimum atomic E-state index is -0.809. The molecule has 2 aromatic carbocycles. The predicted octanol–water partition coefficient (Wildman–Crippen LogP) is 3.04. The van der Waals surface area contributed by atoms with E-state index in [9.17, 15) is 19.2 Å². The average molecular weight is 426 g/mol. The van der Waals surface area contributed by atoms with Crippen LogP contribution in [0.3, 0.4) is 0 Å². The highest BCUT2D eigenvalue weighted by atomic mass is 16.7. The number of Topliss-reactive ketones (excluding diaryl/α,β-unsaturated/α-hetero) is 1. The molecule has 2 aromatic rings. The minimum Gasteiger partial charge on any atom is -0.434 e. The molecule has 0 saturated carbocycles. The number of amides is 2. The van der Waals surface area contributed by atoms with Gasteiger partial charge in [-0.3, -0.25) is 14.4 Å². The summed E-state index contributed by atoms with van der Waals surface area (Å²) in [5.74, 6) is -0.400. The summed E-state index contributed by atoms with van der Waals surface area (Å²) in [7, 11) is 0. The Morgan fingerprint density at radius 1 is 0.806 bits per heavy atom. The fourth-order valence-electron chi connectivity index (χ4n) is 2.60. The van der Waals surface area contributed by atoms with Crippen molar-refractivity contribution in [2.75, 3.05) is 19.7 Å². The molecule has 0 radical (unpaired) electrons. The van der Waals surface area contributed by atoms with Crippen molar-refractivity contribution >= 4 is 23.8 Å². The molecule has 164 valence electrons. The highest BCUT2D eigenvalue weighted by Crippen LogP contribution is 2.13. The fourth-order valence-corrected chi connectivity index (χ4v) is 2.60. The molecule has 31 heavy (non-hydrogen) atoms. The SMILES string of the molecule is CCOC(=O)Oc1ccc(C(=O)NCCNC(=O)CCC(=O)c2ccc(C)cc2)cc1. The van der Waals surface area contributed by atoms with Gasteiger partial charge in [-0.05, 0) is 38.1 Å². The summed E-state index contributed by atoms with van der Waals surface area (Å²) < 4.78 is 9.59. The number of carbonyl (C=O) groups is 4. The first-order chi connectivity index (χ1) is 14.9. The summed E-state index contributed by atoms with van der Waals surface area (Å²) in [6, 6.07) is 13.2. The highest BCUT2D eigenvalue weighted by Gasteiger charge is 2.10. The van der Waals surface area contributed by atoms with Crippen molar-refractivity contribution in [3.63, 3.8) is 0 Å². The number of hydrogen-bond acceptors (Lipinski definition) is 6. The van der Waals surface area contributed by atoms with Crippen molar-refractivity contribution in [3.8, 4) is 5.75 Å². The Morgan fingerprint density at radius 3 is 2.06 bits per heavy atom. The van der Waals surface area contributed by atoms with Crippen LogP contribution in [0, 0.1) is 6.92 Å². The van der Waals surface area contributed by atoms with Crippen LogP contribution in [-0.2, 0) is 9.53 Å². The Balaban J connectivity index is 1.65. The van der Waals surface area contributed by atoms with Gasteiger partial charge in [-0.1, -0.05) is 29.8 Å². The van der Waals surface area contributed by atoms with Crippen molar-refractivity contribution < 1.29 is 28.7 Å². The van der Waals surface area contributed by atoms with E-state index in [0.29, 0.717) is 11.1 Å². The minimum absolute atomic E-state index is 0.0844. The molecule has 0 aliphatic heterocycles. The van der Waals surface area contributed by atoms with Crippen LogP contribution >= 0.6 is 0 Å². The molecule has 2 amide bonds. The lowest BCUT2D eigenvalue weighted by Crippen LogP contribution is -2.34. The Labute approximate surface area is 180 Å². The second-order valence-electron chi connectivity index (χ2n) is 6.70. The summed E-state index contributed by atoms with van der Waals surface area (Å²) in [6.07, 6.45) is -0.597. The number of rotatable bonds is 10. The van der Waals surface area contributed by atoms with E-state index in [-0.39, 0.29) is 55.9 Å². The van der Waals surface area contributed by atoms with E-state index in [4.69, 9.17) is 4.74 Å². The molecule has 0 bridgehead atoms. The van der Waals surface area contributed by atoms with E-state index in [1.807, 2.05) is 19.1 Å². The smallest absolute Gasteiger partial charge is 0.434 e. The van der Waals surface area contributed by atoms with Crippen LogP contribution in [0.4, 0.5) is 4.79 Å². The number of benzene rings is 2. The zero-order chi connectivity index (χ0) is 22.6. The lowest BCUT2D eigenvalue weighted by atomic mass is 10.1. The van der Waals surface area contributed by atoms with E-state index >= 15 is 0 Å². The van der Waals surface area contributed by atoms with Gasteiger partial charge < -0.3 is 20.1 Å². The molecule has 0 fully saturated rings. The third-order valence-corrected chi connectivity index (χ3v) is 4.27. The molecule has 0 aromatic heterocycles. The van der Waals surface area contributed by atoms with Crippen LogP contribution in [0.15, 0.2) is 48.5 Å². The van der Waals surface area contributed by atoms with Crippen molar-refractivity contribution in [1.29, 1.82) is 0 Å². The zero-order valence-electron chi connectivity index (χ0n) is 17.6. The van der Waals surface area contributed by atoms with Gasteiger partial charge in [0.25, 0.3) is 5.91 Å². The third kappa shape index (κ3) is 8.30.